The van der Waals surface area contributed by atoms with Crippen LogP contribution in [0.1, 0.15) is 21.9 Å². The van der Waals surface area contributed by atoms with Crippen molar-refractivity contribution in [3.8, 4) is 0 Å². The van der Waals surface area contributed by atoms with Crippen molar-refractivity contribution in [1.82, 2.24) is 19.9 Å². The van der Waals surface area contributed by atoms with Gasteiger partial charge in [-0.25, -0.2) is 9.78 Å². The summed E-state index contributed by atoms with van der Waals surface area (Å²) in [4.78, 5) is 35.0. The van der Waals surface area contributed by atoms with Crippen LogP contribution in [0.15, 0.2) is 23.1 Å². The minimum Gasteiger partial charge on any atom is -0.480 e. The van der Waals surface area contributed by atoms with Gasteiger partial charge in [-0.05, 0) is 22.0 Å². The van der Waals surface area contributed by atoms with Gasteiger partial charge in [0.15, 0.2) is 0 Å². The second-order valence-corrected chi connectivity index (χ2v) is 5.47. The molecule has 8 heteroatoms. The first-order chi connectivity index (χ1) is 9.56. The van der Waals surface area contributed by atoms with Crippen molar-refractivity contribution in [2.45, 2.75) is 19.0 Å². The average Bonchev–Trinajstić information content (AvgIpc) is 3.04. The maximum Gasteiger partial charge on any atom is 0.326 e. The fourth-order valence-corrected chi connectivity index (χ4v) is 2.66. The Morgan fingerprint density at radius 1 is 1.45 bits per heavy atom. The molecule has 3 rings (SSSR count). The van der Waals surface area contributed by atoms with E-state index in [1.54, 1.807) is 12.3 Å². The van der Waals surface area contributed by atoms with E-state index in [9.17, 15) is 14.7 Å². The number of nitrogens with zero attached hydrogens (tertiary/aromatic N) is 2. The number of aromatic amines is 2. The number of H-pyrrole nitrogens is 2. The number of nitrogens with one attached hydrogen (secondary N) is 2. The minimum absolute atomic E-state index is 0.210. The van der Waals surface area contributed by atoms with Gasteiger partial charge in [0.1, 0.15) is 11.7 Å². The number of carbonyl (C=O) groups excluding carboxylic acids is 1. The summed E-state index contributed by atoms with van der Waals surface area (Å²) in [6.07, 6.45) is 3.36. The third-order valence-corrected chi connectivity index (χ3v) is 3.78. The van der Waals surface area contributed by atoms with E-state index in [2.05, 4.69) is 30.9 Å². The number of hydrogen-bond acceptors (Lipinski definition) is 3. The number of aliphatic carboxylic acids is 1. The summed E-state index contributed by atoms with van der Waals surface area (Å²) in [5.74, 6) is -1.37. The predicted molar refractivity (Wildman–Crippen MR) is 72.1 cm³/mol. The Bertz CT molecular complexity index is 678. The summed E-state index contributed by atoms with van der Waals surface area (Å²) >= 11 is 3.25. The van der Waals surface area contributed by atoms with Crippen LogP contribution in [0.2, 0.25) is 0 Å². The highest BCUT2D eigenvalue weighted by atomic mass is 79.9. The standard InChI is InChI=1S/C12H11BrN4O3/c13-6-1-8(14-3-6)11(18)17-4-9-7(15-5-16-9)2-10(17)12(19)20/h1,3,5,10,14H,2,4H2,(H,15,16)(H,19,20). The first kappa shape index (κ1) is 12.9. The van der Waals surface area contributed by atoms with Gasteiger partial charge < -0.3 is 20.0 Å². The summed E-state index contributed by atoms with van der Waals surface area (Å²) in [7, 11) is 0. The number of carbonyl (C=O) groups is 2. The number of imidazole rings is 1. The van der Waals surface area contributed by atoms with Crippen LogP contribution in [0.25, 0.3) is 0 Å². The number of carboxylic acid groups (broad SMARTS) is 1. The average molecular weight is 339 g/mol. The van der Waals surface area contributed by atoms with Crippen LogP contribution in [-0.4, -0.2) is 42.9 Å². The monoisotopic (exact) mass is 338 g/mol. The Kier molecular flexibility index (Phi) is 3.09. The Hall–Kier alpha value is -2.09. The zero-order valence-corrected chi connectivity index (χ0v) is 11.8. The Labute approximate surface area is 122 Å². The maximum absolute atomic E-state index is 12.4. The van der Waals surface area contributed by atoms with E-state index in [1.807, 2.05) is 0 Å². The van der Waals surface area contributed by atoms with Gasteiger partial charge in [-0.1, -0.05) is 0 Å². The summed E-state index contributed by atoms with van der Waals surface area (Å²) in [5.41, 5.74) is 1.83. The van der Waals surface area contributed by atoms with Gasteiger partial charge in [-0.15, -0.1) is 0 Å². The number of fused-ring (bicyclic) bond motifs is 1. The second-order valence-electron chi connectivity index (χ2n) is 4.55. The quantitative estimate of drug-likeness (QED) is 0.764. The summed E-state index contributed by atoms with van der Waals surface area (Å²) in [6, 6.07) is 0.726. The van der Waals surface area contributed by atoms with Crippen molar-refractivity contribution in [2.24, 2.45) is 0 Å². The fraction of sp³-hybridized carbons (Fsp3) is 0.250. The lowest BCUT2D eigenvalue weighted by molar-refractivity contribution is -0.142. The molecule has 2 aromatic heterocycles. The fourth-order valence-electron chi connectivity index (χ4n) is 2.32. The van der Waals surface area contributed by atoms with Gasteiger partial charge >= 0.3 is 5.97 Å². The zero-order chi connectivity index (χ0) is 14.3. The van der Waals surface area contributed by atoms with Crippen molar-refractivity contribution >= 4 is 27.8 Å². The van der Waals surface area contributed by atoms with Crippen molar-refractivity contribution in [2.75, 3.05) is 0 Å². The van der Waals surface area contributed by atoms with E-state index in [0.717, 1.165) is 10.2 Å². The highest BCUT2D eigenvalue weighted by Crippen LogP contribution is 2.23. The molecule has 3 N–H and O–H groups in total. The largest absolute Gasteiger partial charge is 0.480 e. The zero-order valence-electron chi connectivity index (χ0n) is 10.3. The van der Waals surface area contributed by atoms with E-state index in [-0.39, 0.29) is 18.9 Å². The lowest BCUT2D eigenvalue weighted by atomic mass is 10.0. The Morgan fingerprint density at radius 2 is 2.25 bits per heavy atom. The Balaban J connectivity index is 1.94. The molecule has 3 heterocycles. The lowest BCUT2D eigenvalue weighted by Crippen LogP contribution is -2.48. The molecule has 1 atom stereocenters. The van der Waals surface area contributed by atoms with Crippen LogP contribution in [0.3, 0.4) is 0 Å². The first-order valence-electron chi connectivity index (χ1n) is 5.95. The third kappa shape index (κ3) is 2.11. The predicted octanol–water partition coefficient (Wildman–Crippen LogP) is 1.15. The number of carboxylic acids is 1. The van der Waals surface area contributed by atoms with E-state index >= 15 is 0 Å². The van der Waals surface area contributed by atoms with Crippen LogP contribution in [0.4, 0.5) is 0 Å². The van der Waals surface area contributed by atoms with Gasteiger partial charge in [0.25, 0.3) is 5.91 Å². The maximum atomic E-state index is 12.4. The highest BCUT2D eigenvalue weighted by Gasteiger charge is 2.36. The molecule has 2 aromatic rings. The van der Waals surface area contributed by atoms with E-state index < -0.39 is 12.0 Å². The molecule has 0 radical (unpaired) electrons. The van der Waals surface area contributed by atoms with Gasteiger partial charge in [-0.3, -0.25) is 4.79 Å². The molecule has 0 saturated heterocycles. The molecule has 0 saturated carbocycles. The number of aromatic nitrogens is 3. The topological polar surface area (TPSA) is 102 Å². The molecule has 0 aromatic carbocycles. The van der Waals surface area contributed by atoms with Crippen LogP contribution < -0.4 is 0 Å². The molecule has 104 valence electrons. The van der Waals surface area contributed by atoms with Crippen LogP contribution in [0, 0.1) is 0 Å². The normalized spacial score (nSPS) is 17.9. The van der Waals surface area contributed by atoms with Crippen molar-refractivity contribution < 1.29 is 14.7 Å². The van der Waals surface area contributed by atoms with Crippen LogP contribution in [-0.2, 0) is 17.8 Å². The molecule has 0 aliphatic carbocycles. The van der Waals surface area contributed by atoms with E-state index in [4.69, 9.17) is 0 Å². The number of rotatable bonds is 2. The van der Waals surface area contributed by atoms with E-state index in [0.29, 0.717) is 11.4 Å². The van der Waals surface area contributed by atoms with Crippen molar-refractivity contribution in [3.05, 3.63) is 40.1 Å². The molecule has 7 nitrogen and oxygen atoms in total. The summed E-state index contributed by atoms with van der Waals surface area (Å²) in [5, 5.41) is 9.32. The SMILES string of the molecule is O=C(O)C1Cc2nc[nH]c2CN1C(=O)c1cc(Br)c[nH]1. The van der Waals surface area contributed by atoms with Crippen molar-refractivity contribution in [1.29, 1.82) is 0 Å². The first-order valence-corrected chi connectivity index (χ1v) is 6.74. The van der Waals surface area contributed by atoms with Gasteiger partial charge in [-0.2, -0.15) is 0 Å². The third-order valence-electron chi connectivity index (χ3n) is 3.32. The summed E-state index contributed by atoms with van der Waals surface area (Å²) in [6.45, 7) is 0.210. The highest BCUT2D eigenvalue weighted by molar-refractivity contribution is 9.10. The van der Waals surface area contributed by atoms with Gasteiger partial charge in [0, 0.05) is 17.1 Å². The van der Waals surface area contributed by atoms with Crippen LogP contribution >= 0.6 is 15.9 Å². The van der Waals surface area contributed by atoms with Gasteiger partial charge in [0.2, 0.25) is 0 Å². The smallest absolute Gasteiger partial charge is 0.326 e. The molecular weight excluding hydrogens is 328 g/mol. The molecule has 20 heavy (non-hydrogen) atoms. The van der Waals surface area contributed by atoms with Crippen LogP contribution in [0.5, 0.6) is 0 Å². The molecule has 1 aliphatic rings. The van der Waals surface area contributed by atoms with Crippen molar-refractivity contribution in [3.63, 3.8) is 0 Å². The molecule has 0 bridgehead atoms. The second kappa shape index (κ2) is 4.78. The molecule has 1 unspecified atom stereocenters. The minimum atomic E-state index is -1.03. The summed E-state index contributed by atoms with van der Waals surface area (Å²) < 4.78 is 0.743. The molecule has 1 amide bonds. The molecule has 1 aliphatic heterocycles. The number of halogens is 1. The molecule has 0 fully saturated rings. The lowest BCUT2D eigenvalue weighted by Gasteiger charge is -2.31. The molecule has 0 spiro atoms. The van der Waals surface area contributed by atoms with Gasteiger partial charge in [0.05, 0.1) is 24.3 Å². The number of hydrogen-bond donors (Lipinski definition) is 3. The Morgan fingerprint density at radius 3 is 2.90 bits per heavy atom. The van der Waals surface area contributed by atoms with E-state index in [1.165, 1.54) is 11.2 Å². The number of amides is 1. The molecular formula is C12H11BrN4O3.